The Morgan fingerprint density at radius 2 is 2.00 bits per heavy atom. The molecule has 0 radical (unpaired) electrons. The van der Waals surface area contributed by atoms with Crippen molar-refractivity contribution in [1.29, 1.82) is 0 Å². The van der Waals surface area contributed by atoms with Crippen LogP contribution in [0.1, 0.15) is 49.5 Å². The van der Waals surface area contributed by atoms with Crippen LogP contribution in [0, 0.1) is 12.3 Å². The maximum atomic E-state index is 12.6. The van der Waals surface area contributed by atoms with Gasteiger partial charge < -0.3 is 9.84 Å². The van der Waals surface area contributed by atoms with E-state index in [1.54, 1.807) is 25.1 Å². The van der Waals surface area contributed by atoms with E-state index >= 15 is 0 Å². The lowest BCUT2D eigenvalue weighted by molar-refractivity contribution is -0.121. The Hall–Kier alpha value is -1.94. The van der Waals surface area contributed by atoms with Gasteiger partial charge in [-0.3, -0.25) is 9.59 Å². The monoisotopic (exact) mass is 316 g/mol. The van der Waals surface area contributed by atoms with Gasteiger partial charge >= 0.3 is 0 Å². The molecule has 1 aliphatic heterocycles. The van der Waals surface area contributed by atoms with Gasteiger partial charge in [0.15, 0.2) is 11.6 Å². The van der Waals surface area contributed by atoms with Crippen molar-refractivity contribution in [2.75, 3.05) is 0 Å². The fourth-order valence-electron chi connectivity index (χ4n) is 2.89. The summed E-state index contributed by atoms with van der Waals surface area (Å²) in [6, 6.07) is 4.98. The molecule has 0 amide bonds. The minimum absolute atomic E-state index is 0.0146. The molecule has 1 saturated heterocycles. The molecule has 1 fully saturated rings. The molecular weight excluding hydrogens is 292 g/mol. The zero-order chi connectivity index (χ0) is 17.4. The predicted octanol–water partition coefficient (Wildman–Crippen LogP) is 3.60. The topological polar surface area (TPSA) is 66.9 Å². The van der Waals surface area contributed by atoms with E-state index in [4.69, 9.17) is 4.74 Å². The summed E-state index contributed by atoms with van der Waals surface area (Å²) in [5, 5.41) is 9.95. The minimum Gasteiger partial charge on any atom is -0.507 e. The number of allylic oxidation sites excluding steroid dienone is 1. The number of phenolic OH excluding ortho intramolecular Hbond substituents is 1. The van der Waals surface area contributed by atoms with Crippen LogP contribution in [0.4, 0.5) is 0 Å². The molecule has 4 heteroatoms. The molecule has 2 atom stereocenters. The lowest BCUT2D eigenvalue weighted by Gasteiger charge is -2.24. The Kier molecular flexibility index (Phi) is 4.49. The largest absolute Gasteiger partial charge is 0.507 e. The van der Waals surface area contributed by atoms with Gasteiger partial charge in [0.05, 0.1) is 11.2 Å². The summed E-state index contributed by atoms with van der Waals surface area (Å²) in [5.41, 5.74) is -0.0297. The van der Waals surface area contributed by atoms with E-state index in [-0.39, 0.29) is 30.2 Å². The zero-order valence-corrected chi connectivity index (χ0v) is 14.2. The number of Topliss-reactive ketones (excluding diaryl/α,β-unsaturated/α-hetero) is 2. The van der Waals surface area contributed by atoms with Crippen molar-refractivity contribution >= 4 is 11.6 Å². The summed E-state index contributed by atoms with van der Waals surface area (Å²) in [7, 11) is 0. The van der Waals surface area contributed by atoms with Crippen LogP contribution in [0.2, 0.25) is 0 Å². The number of hydrogen-bond acceptors (Lipinski definition) is 4. The van der Waals surface area contributed by atoms with Gasteiger partial charge in [-0.25, -0.2) is 0 Å². The molecule has 23 heavy (non-hydrogen) atoms. The molecule has 0 spiro atoms. The zero-order valence-electron chi connectivity index (χ0n) is 14.2. The first-order valence-electron chi connectivity index (χ1n) is 7.75. The van der Waals surface area contributed by atoms with Crippen molar-refractivity contribution in [3.8, 4) is 5.75 Å². The van der Waals surface area contributed by atoms with Crippen LogP contribution in [0.25, 0.3) is 0 Å². The Morgan fingerprint density at radius 1 is 1.39 bits per heavy atom. The normalized spacial score (nSPS) is 21.3. The van der Waals surface area contributed by atoms with Gasteiger partial charge in [-0.1, -0.05) is 25.1 Å². The number of aryl methyl sites for hydroxylation is 1. The van der Waals surface area contributed by atoms with Crippen molar-refractivity contribution in [3.05, 3.63) is 42.0 Å². The average Bonchev–Trinajstić information content (AvgIpc) is 3.07. The third-order valence-electron chi connectivity index (χ3n) is 4.45. The van der Waals surface area contributed by atoms with E-state index in [0.717, 1.165) is 5.56 Å². The van der Waals surface area contributed by atoms with Gasteiger partial charge in [0.25, 0.3) is 0 Å². The number of hydrogen-bond donors (Lipinski definition) is 1. The molecular formula is C19H24O4. The fraction of sp³-hybridized carbons (Fsp3) is 0.474. The molecule has 4 nitrogen and oxygen atoms in total. The smallest absolute Gasteiger partial charge is 0.167 e. The number of carbonyl (C=O) groups is 2. The second kappa shape index (κ2) is 5.93. The first kappa shape index (κ1) is 17.4. The summed E-state index contributed by atoms with van der Waals surface area (Å²) in [6.07, 6.45) is 1.56. The summed E-state index contributed by atoms with van der Waals surface area (Å²) in [6.45, 7) is 11.1. The first-order chi connectivity index (χ1) is 10.6. The molecule has 1 N–H and O–H groups in total. The van der Waals surface area contributed by atoms with E-state index in [1.807, 2.05) is 20.8 Å². The Morgan fingerprint density at radius 3 is 2.48 bits per heavy atom. The summed E-state index contributed by atoms with van der Waals surface area (Å²) in [5.74, 6) is -0.231. The molecule has 1 aromatic carbocycles. The number of rotatable bonds is 7. The van der Waals surface area contributed by atoms with E-state index in [0.29, 0.717) is 5.56 Å². The van der Waals surface area contributed by atoms with Crippen molar-refractivity contribution in [2.24, 2.45) is 5.41 Å². The quantitative estimate of drug-likeness (QED) is 0.474. The van der Waals surface area contributed by atoms with Crippen LogP contribution in [-0.2, 0) is 9.53 Å². The molecule has 0 saturated carbocycles. The molecule has 0 aliphatic carbocycles. The van der Waals surface area contributed by atoms with Crippen LogP contribution >= 0.6 is 0 Å². The highest BCUT2D eigenvalue weighted by Gasteiger charge is 2.53. The molecule has 1 aliphatic rings. The Balaban J connectivity index is 2.13. The van der Waals surface area contributed by atoms with Crippen LogP contribution in [0.5, 0.6) is 5.75 Å². The number of carbonyl (C=O) groups excluding carboxylic acids is 2. The molecule has 0 aromatic heterocycles. The number of aromatic hydroxyl groups is 1. The Bertz CT molecular complexity index is 639. The van der Waals surface area contributed by atoms with Gasteiger partial charge in [-0.2, -0.15) is 0 Å². The summed E-state index contributed by atoms with van der Waals surface area (Å²) < 4.78 is 5.38. The van der Waals surface area contributed by atoms with Crippen molar-refractivity contribution in [2.45, 2.75) is 52.2 Å². The van der Waals surface area contributed by atoms with Crippen LogP contribution in [0.15, 0.2) is 30.9 Å². The van der Waals surface area contributed by atoms with E-state index in [1.165, 1.54) is 6.07 Å². The Labute approximate surface area is 137 Å². The third kappa shape index (κ3) is 3.70. The maximum absolute atomic E-state index is 12.6. The van der Waals surface area contributed by atoms with E-state index < -0.39 is 17.1 Å². The second-order valence-corrected chi connectivity index (χ2v) is 7.17. The van der Waals surface area contributed by atoms with E-state index in [9.17, 15) is 14.7 Å². The SMILES string of the molecule is C=C[C@](C)(CC(=O)c1c(C)cccc1O)CC(=O)[C@H]1OC1(C)C. The van der Waals surface area contributed by atoms with Gasteiger partial charge in [-0.05, 0) is 37.8 Å². The number of ether oxygens (including phenoxy) is 1. The van der Waals surface area contributed by atoms with Crippen LogP contribution < -0.4 is 0 Å². The van der Waals surface area contributed by atoms with Gasteiger partial charge in [0.2, 0.25) is 0 Å². The van der Waals surface area contributed by atoms with Crippen molar-refractivity contribution in [3.63, 3.8) is 0 Å². The predicted molar refractivity (Wildman–Crippen MR) is 88.7 cm³/mol. The maximum Gasteiger partial charge on any atom is 0.167 e. The molecule has 1 heterocycles. The number of phenols is 1. The standard InChI is InChI=1S/C19H24O4/c1-6-19(5,11-15(22)17-18(3,4)23-17)10-14(21)16-12(2)8-7-9-13(16)20/h6-9,17,20H,1,10-11H2,2-5H3/t17-,19-/m1/s1. The molecule has 124 valence electrons. The number of ketones is 2. The highest BCUT2D eigenvalue weighted by Crippen LogP contribution is 2.40. The summed E-state index contributed by atoms with van der Waals surface area (Å²) in [4.78, 5) is 24.9. The molecule has 2 rings (SSSR count). The lowest BCUT2D eigenvalue weighted by Crippen LogP contribution is -2.26. The minimum atomic E-state index is -0.662. The summed E-state index contributed by atoms with van der Waals surface area (Å²) >= 11 is 0. The van der Waals surface area contributed by atoms with Gasteiger partial charge in [0.1, 0.15) is 11.9 Å². The number of benzene rings is 1. The number of epoxide rings is 1. The van der Waals surface area contributed by atoms with E-state index in [2.05, 4.69) is 6.58 Å². The highest BCUT2D eigenvalue weighted by molar-refractivity contribution is 6.00. The van der Waals surface area contributed by atoms with Crippen molar-refractivity contribution in [1.82, 2.24) is 0 Å². The highest BCUT2D eigenvalue weighted by atomic mass is 16.6. The first-order valence-corrected chi connectivity index (χ1v) is 7.75. The molecule has 1 aromatic rings. The lowest BCUT2D eigenvalue weighted by atomic mass is 9.78. The second-order valence-electron chi connectivity index (χ2n) is 7.17. The fourth-order valence-corrected chi connectivity index (χ4v) is 2.89. The van der Waals surface area contributed by atoms with Gasteiger partial charge in [0, 0.05) is 12.8 Å². The van der Waals surface area contributed by atoms with Crippen LogP contribution in [-0.4, -0.2) is 28.4 Å². The average molecular weight is 316 g/mol. The van der Waals surface area contributed by atoms with Crippen molar-refractivity contribution < 1.29 is 19.4 Å². The van der Waals surface area contributed by atoms with Gasteiger partial charge in [-0.15, -0.1) is 6.58 Å². The third-order valence-corrected chi connectivity index (χ3v) is 4.45. The van der Waals surface area contributed by atoms with Crippen LogP contribution in [0.3, 0.4) is 0 Å². The molecule has 0 bridgehead atoms. The molecule has 0 unspecified atom stereocenters.